The highest BCUT2D eigenvalue weighted by Crippen LogP contribution is 2.45. The topological polar surface area (TPSA) is 55.4 Å². The maximum absolute atomic E-state index is 13.3. The molecule has 4 rings (SSSR count). The first kappa shape index (κ1) is 19.2. The van der Waals surface area contributed by atoms with Gasteiger partial charge in [-0.15, -0.1) is 11.3 Å². The van der Waals surface area contributed by atoms with Crippen LogP contribution in [0.5, 0.6) is 0 Å². The molecule has 0 radical (unpaired) electrons. The van der Waals surface area contributed by atoms with E-state index in [-0.39, 0.29) is 11.8 Å². The number of benzene rings is 2. The number of carbonyl (C=O) groups excluding carboxylic acids is 2. The van der Waals surface area contributed by atoms with E-state index in [0.29, 0.717) is 17.6 Å². The molecule has 0 amide bonds. The standard InChI is InChI=1S/C24H21NO3S/c1-28-23(27)24(15-17-9-4-2-5-10-17)21(20-13-8-14-29-20)19(16-25-24)22(26)18-11-6-3-7-12-18/h2-14,16,21,25H,15H2,1H3/t21-,24-/m1/s1. The van der Waals surface area contributed by atoms with Crippen molar-refractivity contribution < 1.29 is 14.3 Å². The lowest BCUT2D eigenvalue weighted by Crippen LogP contribution is -2.54. The molecule has 1 aliphatic heterocycles. The SMILES string of the molecule is COC(=O)[C@]1(Cc2ccccc2)NC=C(C(=O)c2ccccc2)[C@@H]1c1cccs1. The van der Waals surface area contributed by atoms with E-state index in [1.807, 2.05) is 66.0 Å². The summed E-state index contributed by atoms with van der Waals surface area (Å²) >= 11 is 1.54. The van der Waals surface area contributed by atoms with E-state index >= 15 is 0 Å². The summed E-state index contributed by atoms with van der Waals surface area (Å²) in [6, 6.07) is 22.8. The van der Waals surface area contributed by atoms with Crippen LogP contribution in [-0.2, 0) is 16.0 Å². The van der Waals surface area contributed by atoms with Gasteiger partial charge in [-0.05, 0) is 17.0 Å². The fraction of sp³-hybridized carbons (Fsp3) is 0.167. The second-order valence-corrected chi connectivity index (χ2v) is 7.99. The molecular weight excluding hydrogens is 382 g/mol. The van der Waals surface area contributed by atoms with E-state index in [0.717, 1.165) is 10.4 Å². The van der Waals surface area contributed by atoms with Crippen molar-refractivity contribution in [3.63, 3.8) is 0 Å². The van der Waals surface area contributed by atoms with E-state index in [9.17, 15) is 9.59 Å². The zero-order valence-corrected chi connectivity index (χ0v) is 16.8. The normalized spacial score (nSPS) is 20.6. The van der Waals surface area contributed by atoms with Gasteiger partial charge >= 0.3 is 5.97 Å². The summed E-state index contributed by atoms with van der Waals surface area (Å²) in [6.45, 7) is 0. The van der Waals surface area contributed by atoms with Crippen molar-refractivity contribution in [1.82, 2.24) is 5.32 Å². The van der Waals surface area contributed by atoms with Crippen LogP contribution in [0.25, 0.3) is 0 Å². The molecule has 146 valence electrons. The summed E-state index contributed by atoms with van der Waals surface area (Å²) < 4.78 is 5.23. The fourth-order valence-corrected chi connectivity index (χ4v) is 4.88. The van der Waals surface area contributed by atoms with Gasteiger partial charge in [-0.1, -0.05) is 66.7 Å². The van der Waals surface area contributed by atoms with Gasteiger partial charge in [0.2, 0.25) is 0 Å². The van der Waals surface area contributed by atoms with Gasteiger partial charge in [-0.3, -0.25) is 4.79 Å². The maximum atomic E-state index is 13.3. The van der Waals surface area contributed by atoms with Crippen molar-refractivity contribution in [2.45, 2.75) is 17.9 Å². The third kappa shape index (κ3) is 3.49. The Bertz CT molecular complexity index is 1030. The third-order valence-electron chi connectivity index (χ3n) is 5.29. The van der Waals surface area contributed by atoms with Gasteiger partial charge in [0.25, 0.3) is 0 Å². The minimum atomic E-state index is -1.08. The van der Waals surface area contributed by atoms with Gasteiger partial charge in [0.1, 0.15) is 0 Å². The predicted molar refractivity (Wildman–Crippen MR) is 114 cm³/mol. The first-order valence-corrected chi connectivity index (χ1v) is 10.3. The van der Waals surface area contributed by atoms with E-state index in [4.69, 9.17) is 4.74 Å². The average molecular weight is 404 g/mol. The molecule has 0 saturated heterocycles. The zero-order valence-electron chi connectivity index (χ0n) is 16.0. The summed E-state index contributed by atoms with van der Waals surface area (Å²) in [6.07, 6.45) is 2.10. The Kier molecular flexibility index (Phi) is 5.32. The first-order valence-electron chi connectivity index (χ1n) is 9.39. The lowest BCUT2D eigenvalue weighted by atomic mass is 9.75. The summed E-state index contributed by atoms with van der Waals surface area (Å²) in [5, 5.41) is 5.22. The molecule has 1 N–H and O–H groups in total. The molecular formula is C24H21NO3S. The molecule has 0 aliphatic carbocycles. The van der Waals surface area contributed by atoms with E-state index in [2.05, 4.69) is 5.32 Å². The zero-order chi connectivity index (χ0) is 20.3. The van der Waals surface area contributed by atoms with E-state index in [1.54, 1.807) is 18.3 Å². The van der Waals surface area contributed by atoms with E-state index < -0.39 is 11.5 Å². The van der Waals surface area contributed by atoms with Crippen molar-refractivity contribution in [2.24, 2.45) is 0 Å². The smallest absolute Gasteiger partial charge is 0.332 e. The van der Waals surface area contributed by atoms with Gasteiger partial charge in [0.15, 0.2) is 11.3 Å². The fourth-order valence-electron chi connectivity index (χ4n) is 3.95. The summed E-state index contributed by atoms with van der Waals surface area (Å²) in [4.78, 5) is 27.4. The van der Waals surface area contributed by atoms with Gasteiger partial charge in [0, 0.05) is 28.6 Å². The van der Waals surface area contributed by atoms with Crippen LogP contribution in [0.1, 0.15) is 26.7 Å². The number of hydrogen-bond acceptors (Lipinski definition) is 5. The molecule has 0 unspecified atom stereocenters. The molecule has 3 aromatic rings. The predicted octanol–water partition coefficient (Wildman–Crippen LogP) is 4.36. The van der Waals surface area contributed by atoms with Crippen molar-refractivity contribution >= 4 is 23.1 Å². The van der Waals surface area contributed by atoms with Crippen LogP contribution in [0.4, 0.5) is 0 Å². The van der Waals surface area contributed by atoms with Crippen LogP contribution in [0.3, 0.4) is 0 Å². The number of methoxy groups -OCH3 is 1. The monoisotopic (exact) mass is 403 g/mol. The van der Waals surface area contributed by atoms with Gasteiger partial charge in [0.05, 0.1) is 13.0 Å². The number of carbonyl (C=O) groups is 2. The molecule has 1 aliphatic rings. The Labute approximate surface area is 173 Å². The molecule has 4 nitrogen and oxygen atoms in total. The van der Waals surface area contributed by atoms with Gasteiger partial charge in [-0.2, -0.15) is 0 Å². The summed E-state index contributed by atoms with van der Waals surface area (Å²) in [7, 11) is 1.39. The number of Topliss-reactive ketones (excluding diaryl/α,β-unsaturated/α-hetero) is 1. The van der Waals surface area contributed by atoms with Crippen LogP contribution in [-0.4, -0.2) is 24.4 Å². The number of esters is 1. The molecule has 2 atom stereocenters. The lowest BCUT2D eigenvalue weighted by molar-refractivity contribution is -0.148. The average Bonchev–Trinajstić information content (AvgIpc) is 3.42. The molecule has 1 aromatic heterocycles. The Balaban J connectivity index is 1.81. The van der Waals surface area contributed by atoms with Crippen molar-refractivity contribution in [3.05, 3.63) is 106 Å². The first-order chi connectivity index (χ1) is 14.2. The van der Waals surface area contributed by atoms with Crippen molar-refractivity contribution in [3.8, 4) is 0 Å². The lowest BCUT2D eigenvalue weighted by Gasteiger charge is -2.34. The number of ketones is 1. The number of rotatable bonds is 6. The molecule has 2 aromatic carbocycles. The van der Waals surface area contributed by atoms with Crippen LogP contribution in [0, 0.1) is 0 Å². The van der Waals surface area contributed by atoms with Crippen LogP contribution in [0.15, 0.2) is 89.9 Å². The highest BCUT2D eigenvalue weighted by atomic mass is 32.1. The summed E-state index contributed by atoms with van der Waals surface area (Å²) in [5.74, 6) is -0.912. The van der Waals surface area contributed by atoms with E-state index in [1.165, 1.54) is 18.4 Å². The van der Waals surface area contributed by atoms with Crippen molar-refractivity contribution in [2.75, 3.05) is 7.11 Å². The second-order valence-electron chi connectivity index (χ2n) is 7.01. The molecule has 0 fully saturated rings. The highest BCUT2D eigenvalue weighted by Gasteiger charge is 2.53. The van der Waals surface area contributed by atoms with Crippen LogP contribution in [0.2, 0.25) is 0 Å². The largest absolute Gasteiger partial charge is 0.467 e. The third-order valence-corrected chi connectivity index (χ3v) is 6.23. The van der Waals surface area contributed by atoms with Gasteiger partial charge in [-0.25, -0.2) is 4.79 Å². The Morgan fingerprint density at radius 3 is 2.31 bits per heavy atom. The molecule has 5 heteroatoms. The molecule has 0 bridgehead atoms. The minimum absolute atomic E-state index is 0.0876. The van der Waals surface area contributed by atoms with Crippen LogP contribution >= 0.6 is 11.3 Å². The number of thiophene rings is 1. The molecule has 0 spiro atoms. The minimum Gasteiger partial charge on any atom is -0.467 e. The Morgan fingerprint density at radius 2 is 1.69 bits per heavy atom. The number of nitrogens with one attached hydrogen (secondary N) is 1. The van der Waals surface area contributed by atoms with Crippen LogP contribution < -0.4 is 5.32 Å². The van der Waals surface area contributed by atoms with Crippen molar-refractivity contribution in [1.29, 1.82) is 0 Å². The number of ether oxygens (including phenoxy) is 1. The number of hydrogen-bond donors (Lipinski definition) is 1. The van der Waals surface area contributed by atoms with Gasteiger partial charge < -0.3 is 10.1 Å². The second kappa shape index (κ2) is 8.05. The quantitative estimate of drug-likeness (QED) is 0.491. The molecule has 0 saturated carbocycles. The Hall–Kier alpha value is -3.18. The summed E-state index contributed by atoms with van der Waals surface area (Å²) in [5.41, 5.74) is 1.08. The molecule has 29 heavy (non-hydrogen) atoms. The highest BCUT2D eigenvalue weighted by molar-refractivity contribution is 7.10. The molecule has 2 heterocycles. The Morgan fingerprint density at radius 1 is 1.00 bits per heavy atom. The maximum Gasteiger partial charge on any atom is 0.332 e.